The van der Waals surface area contributed by atoms with Gasteiger partial charge in [-0.15, -0.1) is 0 Å². The van der Waals surface area contributed by atoms with E-state index in [9.17, 15) is 9.90 Å². The Morgan fingerprint density at radius 2 is 2.14 bits per heavy atom. The third-order valence-corrected chi connectivity index (χ3v) is 2.16. The fourth-order valence-electron chi connectivity index (χ4n) is 1.21. The molecule has 0 bridgehead atoms. The van der Waals surface area contributed by atoms with Crippen LogP contribution in [0.3, 0.4) is 0 Å². The molecule has 2 N–H and O–H groups in total. The first-order valence-electron chi connectivity index (χ1n) is 5.27. The van der Waals surface area contributed by atoms with E-state index >= 15 is 0 Å². The third kappa shape index (κ3) is 4.42. The normalized spacial score (nSPS) is 13.9. The molecule has 1 amide bonds. The van der Waals surface area contributed by atoms with E-state index in [1.807, 2.05) is 13.0 Å². The van der Waals surface area contributed by atoms with Crippen LogP contribution in [0.15, 0.2) is 11.6 Å². The Morgan fingerprint density at radius 1 is 1.50 bits per heavy atom. The van der Waals surface area contributed by atoms with Crippen LogP contribution in [0.4, 0.5) is 0 Å². The van der Waals surface area contributed by atoms with Crippen molar-refractivity contribution in [3.63, 3.8) is 0 Å². The van der Waals surface area contributed by atoms with E-state index in [0.717, 1.165) is 19.3 Å². The van der Waals surface area contributed by atoms with Crippen molar-refractivity contribution >= 4 is 5.91 Å². The zero-order valence-electron chi connectivity index (χ0n) is 9.34. The van der Waals surface area contributed by atoms with Crippen LogP contribution in [0, 0.1) is 0 Å². The summed E-state index contributed by atoms with van der Waals surface area (Å²) in [6.45, 7) is 3.96. The molecule has 0 fully saturated rings. The second-order valence-corrected chi connectivity index (χ2v) is 3.30. The van der Waals surface area contributed by atoms with Crippen molar-refractivity contribution in [2.45, 2.75) is 45.6 Å². The van der Waals surface area contributed by atoms with E-state index in [1.54, 1.807) is 7.05 Å². The molecule has 14 heavy (non-hydrogen) atoms. The lowest BCUT2D eigenvalue weighted by molar-refractivity contribution is -0.118. The molecule has 1 unspecified atom stereocenters. The summed E-state index contributed by atoms with van der Waals surface area (Å²) in [4.78, 5) is 11.4. The van der Waals surface area contributed by atoms with Crippen LogP contribution in [-0.2, 0) is 4.79 Å². The summed E-state index contributed by atoms with van der Waals surface area (Å²) in [5.74, 6) is -0.171. The summed E-state index contributed by atoms with van der Waals surface area (Å²) in [6, 6.07) is 0. The minimum Gasteiger partial charge on any atom is -0.388 e. The molecule has 1 atom stereocenters. The number of hydrogen-bond acceptors (Lipinski definition) is 2. The highest BCUT2D eigenvalue weighted by Crippen LogP contribution is 2.09. The molecule has 0 aliphatic carbocycles. The quantitative estimate of drug-likeness (QED) is 0.504. The first-order chi connectivity index (χ1) is 6.67. The first kappa shape index (κ1) is 13.2. The minimum absolute atomic E-state index is 0.171. The Balaban J connectivity index is 4.38. The number of carbonyl (C=O) groups is 1. The maximum Gasteiger partial charge on any atom is 0.249 e. The molecule has 0 aliphatic heterocycles. The van der Waals surface area contributed by atoms with Crippen molar-refractivity contribution in [3.05, 3.63) is 11.6 Å². The summed E-state index contributed by atoms with van der Waals surface area (Å²) in [7, 11) is 1.58. The molecular weight excluding hydrogens is 178 g/mol. The molecule has 0 aromatic heterocycles. The highest BCUT2D eigenvalue weighted by atomic mass is 16.3. The van der Waals surface area contributed by atoms with E-state index in [2.05, 4.69) is 12.2 Å². The Hall–Kier alpha value is -0.830. The number of hydrogen-bond donors (Lipinski definition) is 2. The van der Waals surface area contributed by atoms with Crippen molar-refractivity contribution in [2.75, 3.05) is 7.05 Å². The summed E-state index contributed by atoms with van der Waals surface area (Å²) in [6.07, 6.45) is 4.79. The maximum absolute atomic E-state index is 11.4. The maximum atomic E-state index is 11.4. The largest absolute Gasteiger partial charge is 0.388 e. The number of carbonyl (C=O) groups excluding carboxylic acids is 1. The average molecular weight is 199 g/mol. The summed E-state index contributed by atoms with van der Waals surface area (Å²) < 4.78 is 0. The Kier molecular flexibility index (Phi) is 7.11. The second-order valence-electron chi connectivity index (χ2n) is 3.30. The molecule has 0 aromatic carbocycles. The van der Waals surface area contributed by atoms with Crippen LogP contribution in [-0.4, -0.2) is 24.2 Å². The van der Waals surface area contributed by atoms with E-state index in [0.29, 0.717) is 12.0 Å². The molecule has 0 radical (unpaired) electrons. The van der Waals surface area contributed by atoms with Gasteiger partial charge in [-0.2, -0.15) is 0 Å². The number of aliphatic hydroxyl groups excluding tert-OH is 1. The van der Waals surface area contributed by atoms with E-state index < -0.39 is 6.10 Å². The molecule has 0 saturated carbocycles. The molecule has 3 nitrogen and oxygen atoms in total. The number of likely N-dealkylation sites (N-methyl/N-ethyl adjacent to an activating group) is 1. The minimum atomic E-state index is -0.633. The molecule has 0 aromatic rings. The van der Waals surface area contributed by atoms with Crippen LogP contribution in [0.25, 0.3) is 0 Å². The number of aliphatic hydroxyl groups is 1. The highest BCUT2D eigenvalue weighted by Gasteiger charge is 2.14. The van der Waals surface area contributed by atoms with E-state index in [-0.39, 0.29) is 5.91 Å². The smallest absolute Gasteiger partial charge is 0.249 e. The van der Waals surface area contributed by atoms with Gasteiger partial charge in [0.1, 0.15) is 0 Å². The van der Waals surface area contributed by atoms with E-state index in [4.69, 9.17) is 0 Å². The average Bonchev–Trinajstić information content (AvgIpc) is 2.22. The fourth-order valence-corrected chi connectivity index (χ4v) is 1.21. The van der Waals surface area contributed by atoms with Crippen LogP contribution in [0.2, 0.25) is 0 Å². The zero-order valence-corrected chi connectivity index (χ0v) is 9.34. The van der Waals surface area contributed by atoms with Crippen molar-refractivity contribution in [1.82, 2.24) is 5.32 Å². The summed E-state index contributed by atoms with van der Waals surface area (Å²) >= 11 is 0. The monoisotopic (exact) mass is 199 g/mol. The highest BCUT2D eigenvalue weighted by molar-refractivity contribution is 5.94. The standard InChI is InChI=1S/C11H21NO2/c1-4-6-7-8-9(10(13)5-2)11(14)12-3/h8,10,13H,4-7H2,1-3H3,(H,12,14)/b9-8+. The fraction of sp³-hybridized carbons (Fsp3) is 0.727. The van der Waals surface area contributed by atoms with Gasteiger partial charge in [-0.25, -0.2) is 0 Å². The topological polar surface area (TPSA) is 49.3 Å². The van der Waals surface area contributed by atoms with Gasteiger partial charge in [-0.1, -0.05) is 32.8 Å². The predicted octanol–water partition coefficient (Wildman–Crippen LogP) is 1.62. The lowest BCUT2D eigenvalue weighted by Gasteiger charge is -2.11. The number of unbranched alkanes of at least 4 members (excludes halogenated alkanes) is 2. The van der Waals surface area contributed by atoms with Gasteiger partial charge in [-0.05, 0) is 12.8 Å². The Bertz CT molecular complexity index is 199. The van der Waals surface area contributed by atoms with Gasteiger partial charge in [0.25, 0.3) is 0 Å². The van der Waals surface area contributed by atoms with Gasteiger partial charge in [0.05, 0.1) is 6.10 Å². The van der Waals surface area contributed by atoms with Crippen LogP contribution in [0.5, 0.6) is 0 Å². The number of rotatable bonds is 6. The van der Waals surface area contributed by atoms with Crippen molar-refractivity contribution in [1.29, 1.82) is 0 Å². The van der Waals surface area contributed by atoms with Crippen LogP contribution >= 0.6 is 0 Å². The number of allylic oxidation sites excluding steroid dienone is 1. The molecule has 0 spiro atoms. The van der Waals surface area contributed by atoms with Crippen molar-refractivity contribution in [3.8, 4) is 0 Å². The van der Waals surface area contributed by atoms with Crippen molar-refractivity contribution in [2.24, 2.45) is 0 Å². The number of nitrogens with one attached hydrogen (secondary N) is 1. The lowest BCUT2D eigenvalue weighted by atomic mass is 10.0. The van der Waals surface area contributed by atoms with Gasteiger partial charge in [0.15, 0.2) is 0 Å². The van der Waals surface area contributed by atoms with Gasteiger partial charge in [0, 0.05) is 12.6 Å². The molecule has 3 heteroatoms. The third-order valence-electron chi connectivity index (χ3n) is 2.16. The number of amides is 1. The van der Waals surface area contributed by atoms with Crippen LogP contribution < -0.4 is 5.32 Å². The predicted molar refractivity (Wildman–Crippen MR) is 58.0 cm³/mol. The molecule has 0 saturated heterocycles. The Morgan fingerprint density at radius 3 is 2.57 bits per heavy atom. The van der Waals surface area contributed by atoms with Gasteiger partial charge < -0.3 is 10.4 Å². The van der Waals surface area contributed by atoms with Gasteiger partial charge in [-0.3, -0.25) is 4.79 Å². The zero-order chi connectivity index (χ0) is 11.0. The second kappa shape index (κ2) is 7.56. The van der Waals surface area contributed by atoms with Crippen LogP contribution in [0.1, 0.15) is 39.5 Å². The summed E-state index contributed by atoms with van der Waals surface area (Å²) in [5.41, 5.74) is 0.503. The molecule has 0 aliphatic rings. The molecule has 0 rings (SSSR count). The Labute approximate surface area is 86.2 Å². The summed E-state index contributed by atoms with van der Waals surface area (Å²) in [5, 5.41) is 12.1. The SMILES string of the molecule is CCCC/C=C(/C(=O)NC)C(O)CC. The van der Waals surface area contributed by atoms with Gasteiger partial charge in [0.2, 0.25) is 5.91 Å². The molecular formula is C11H21NO2. The lowest BCUT2D eigenvalue weighted by Crippen LogP contribution is -2.27. The van der Waals surface area contributed by atoms with Crippen molar-refractivity contribution < 1.29 is 9.90 Å². The first-order valence-corrected chi connectivity index (χ1v) is 5.27. The van der Waals surface area contributed by atoms with Gasteiger partial charge >= 0.3 is 0 Å². The molecule has 0 heterocycles. The molecule has 82 valence electrons. The van der Waals surface area contributed by atoms with E-state index in [1.165, 1.54) is 0 Å².